The van der Waals surface area contributed by atoms with E-state index < -0.39 is 0 Å². The minimum Gasteiger partial charge on any atom is -0.392 e. The zero-order valence-electron chi connectivity index (χ0n) is 10.4. The highest BCUT2D eigenvalue weighted by Gasteiger charge is 2.02. The van der Waals surface area contributed by atoms with Gasteiger partial charge in [0.25, 0.3) is 0 Å². The predicted molar refractivity (Wildman–Crippen MR) is 67.4 cm³/mol. The second kappa shape index (κ2) is 7.04. The normalized spacial score (nSPS) is 10.3. The van der Waals surface area contributed by atoms with Crippen LogP contribution >= 0.6 is 0 Å². The number of aliphatic hydroxyl groups is 1. The molecule has 1 rings (SSSR count). The maximum Gasteiger partial charge on any atom is 0.223 e. The molecule has 2 N–H and O–H groups in total. The maximum atomic E-state index is 11.3. The zero-order chi connectivity index (χ0) is 12.7. The van der Waals surface area contributed by atoms with Crippen molar-refractivity contribution in [2.45, 2.75) is 19.6 Å². The van der Waals surface area contributed by atoms with Crippen LogP contribution in [0.4, 0.5) is 0 Å². The molecule has 0 saturated carbocycles. The lowest BCUT2D eigenvalue weighted by Gasteiger charge is -2.10. The summed E-state index contributed by atoms with van der Waals surface area (Å²) < 4.78 is 0. The van der Waals surface area contributed by atoms with Crippen LogP contribution in [-0.4, -0.2) is 36.6 Å². The summed E-state index contributed by atoms with van der Waals surface area (Å²) in [6.07, 6.45) is 0.516. The summed E-state index contributed by atoms with van der Waals surface area (Å²) in [5.41, 5.74) is 2.07. The van der Waals surface area contributed by atoms with E-state index in [1.54, 1.807) is 19.0 Å². The van der Waals surface area contributed by atoms with Crippen molar-refractivity contribution >= 4 is 5.91 Å². The molecule has 0 radical (unpaired) electrons. The fraction of sp³-hybridized carbons (Fsp3) is 0.462. The van der Waals surface area contributed by atoms with Gasteiger partial charge in [-0.25, -0.2) is 0 Å². The largest absolute Gasteiger partial charge is 0.392 e. The Labute approximate surface area is 102 Å². The van der Waals surface area contributed by atoms with Crippen LogP contribution in [0.5, 0.6) is 0 Å². The number of nitrogens with one attached hydrogen (secondary N) is 1. The quantitative estimate of drug-likeness (QED) is 0.717. The summed E-state index contributed by atoms with van der Waals surface area (Å²) in [4.78, 5) is 12.9. The molecule has 1 aromatic carbocycles. The highest BCUT2D eigenvalue weighted by molar-refractivity contribution is 5.75. The van der Waals surface area contributed by atoms with Crippen LogP contribution in [0, 0.1) is 0 Å². The summed E-state index contributed by atoms with van der Waals surface area (Å²) in [6.45, 7) is 1.50. The number of hydrogen-bond donors (Lipinski definition) is 2. The smallest absolute Gasteiger partial charge is 0.223 e. The van der Waals surface area contributed by atoms with E-state index in [4.69, 9.17) is 5.11 Å². The average molecular weight is 236 g/mol. The Morgan fingerprint density at radius 2 is 1.82 bits per heavy atom. The second-order valence-corrected chi connectivity index (χ2v) is 4.19. The molecule has 0 heterocycles. The molecule has 1 amide bonds. The van der Waals surface area contributed by atoms with Gasteiger partial charge in [0.15, 0.2) is 0 Å². The third kappa shape index (κ3) is 4.97. The van der Waals surface area contributed by atoms with E-state index in [2.05, 4.69) is 5.32 Å². The molecule has 0 fully saturated rings. The first-order valence-corrected chi connectivity index (χ1v) is 5.73. The van der Waals surface area contributed by atoms with Crippen molar-refractivity contribution in [3.63, 3.8) is 0 Å². The number of benzene rings is 1. The summed E-state index contributed by atoms with van der Waals surface area (Å²) in [5, 5.41) is 12.1. The van der Waals surface area contributed by atoms with Gasteiger partial charge < -0.3 is 15.3 Å². The zero-order valence-corrected chi connectivity index (χ0v) is 10.4. The van der Waals surface area contributed by atoms with E-state index in [1.165, 1.54) is 0 Å². The Balaban J connectivity index is 2.24. The molecule has 0 spiro atoms. The third-order valence-electron chi connectivity index (χ3n) is 2.55. The van der Waals surface area contributed by atoms with Crippen LogP contribution in [0.25, 0.3) is 0 Å². The molecule has 1 aromatic rings. The van der Waals surface area contributed by atoms with Gasteiger partial charge in [-0.2, -0.15) is 0 Å². The monoisotopic (exact) mass is 236 g/mol. The average Bonchev–Trinajstić information content (AvgIpc) is 2.35. The van der Waals surface area contributed by atoms with E-state index >= 15 is 0 Å². The number of aliphatic hydroxyl groups excluding tert-OH is 1. The minimum atomic E-state index is 0.0744. The van der Waals surface area contributed by atoms with Gasteiger partial charge in [-0.15, -0.1) is 0 Å². The Bertz CT molecular complexity index is 347. The summed E-state index contributed by atoms with van der Waals surface area (Å²) >= 11 is 0. The second-order valence-electron chi connectivity index (χ2n) is 4.19. The molecule has 0 aliphatic carbocycles. The van der Waals surface area contributed by atoms with Crippen molar-refractivity contribution in [1.29, 1.82) is 0 Å². The first kappa shape index (κ1) is 13.7. The highest BCUT2D eigenvalue weighted by Crippen LogP contribution is 2.03. The lowest BCUT2D eigenvalue weighted by Crippen LogP contribution is -2.26. The van der Waals surface area contributed by atoms with Crippen LogP contribution in [0.15, 0.2) is 24.3 Å². The van der Waals surface area contributed by atoms with Gasteiger partial charge in [0.05, 0.1) is 6.61 Å². The molecular weight excluding hydrogens is 216 g/mol. The van der Waals surface area contributed by atoms with E-state index in [0.29, 0.717) is 13.0 Å². The number of rotatable bonds is 6. The molecule has 0 atom stereocenters. The van der Waals surface area contributed by atoms with Gasteiger partial charge in [-0.05, 0) is 11.1 Å². The summed E-state index contributed by atoms with van der Waals surface area (Å²) in [6, 6.07) is 7.77. The standard InChI is InChI=1S/C13H20N2O2/c1-15(2)13(17)7-8-14-9-11-3-5-12(10-16)6-4-11/h3-6,14,16H,7-10H2,1-2H3. The first-order valence-electron chi connectivity index (χ1n) is 5.73. The van der Waals surface area contributed by atoms with E-state index in [1.807, 2.05) is 24.3 Å². The molecule has 0 saturated heterocycles. The van der Waals surface area contributed by atoms with Gasteiger partial charge >= 0.3 is 0 Å². The fourth-order valence-electron chi connectivity index (χ4n) is 1.41. The van der Waals surface area contributed by atoms with E-state index in [0.717, 1.165) is 17.7 Å². The molecule has 0 aromatic heterocycles. The molecule has 4 heteroatoms. The minimum absolute atomic E-state index is 0.0744. The van der Waals surface area contributed by atoms with Crippen molar-refractivity contribution in [2.24, 2.45) is 0 Å². The molecule has 17 heavy (non-hydrogen) atoms. The lowest BCUT2D eigenvalue weighted by molar-refractivity contribution is -0.128. The van der Waals surface area contributed by atoms with Gasteiger partial charge in [-0.3, -0.25) is 4.79 Å². The van der Waals surface area contributed by atoms with E-state index in [-0.39, 0.29) is 12.5 Å². The summed E-state index contributed by atoms with van der Waals surface area (Å²) in [7, 11) is 3.52. The number of amides is 1. The van der Waals surface area contributed by atoms with Crippen molar-refractivity contribution in [3.05, 3.63) is 35.4 Å². The summed E-state index contributed by atoms with van der Waals surface area (Å²) in [5.74, 6) is 0.133. The van der Waals surface area contributed by atoms with Gasteiger partial charge in [-0.1, -0.05) is 24.3 Å². The Morgan fingerprint density at radius 1 is 1.24 bits per heavy atom. The van der Waals surface area contributed by atoms with Crippen LogP contribution in [0.3, 0.4) is 0 Å². The molecule has 94 valence electrons. The number of carbonyl (C=O) groups excluding carboxylic acids is 1. The molecule has 0 aliphatic rings. The Kier molecular flexibility index (Phi) is 5.66. The third-order valence-corrected chi connectivity index (χ3v) is 2.55. The molecule has 0 aliphatic heterocycles. The van der Waals surface area contributed by atoms with Crippen molar-refractivity contribution in [1.82, 2.24) is 10.2 Å². The topological polar surface area (TPSA) is 52.6 Å². The first-order chi connectivity index (χ1) is 8.13. The molecule has 0 unspecified atom stereocenters. The van der Waals surface area contributed by atoms with Crippen LogP contribution in [0.1, 0.15) is 17.5 Å². The molecular formula is C13H20N2O2. The van der Waals surface area contributed by atoms with E-state index in [9.17, 15) is 4.79 Å². The van der Waals surface area contributed by atoms with Gasteiger partial charge in [0.1, 0.15) is 0 Å². The number of hydrogen-bond acceptors (Lipinski definition) is 3. The van der Waals surface area contributed by atoms with Crippen molar-refractivity contribution in [2.75, 3.05) is 20.6 Å². The SMILES string of the molecule is CN(C)C(=O)CCNCc1ccc(CO)cc1. The Hall–Kier alpha value is -1.39. The number of carbonyl (C=O) groups is 1. The van der Waals surface area contributed by atoms with Gasteiger partial charge in [0.2, 0.25) is 5.91 Å². The predicted octanol–water partition coefficient (Wildman–Crippen LogP) is 0.747. The fourth-order valence-corrected chi connectivity index (χ4v) is 1.41. The van der Waals surface area contributed by atoms with Crippen molar-refractivity contribution < 1.29 is 9.90 Å². The van der Waals surface area contributed by atoms with Gasteiger partial charge in [0, 0.05) is 33.6 Å². The van der Waals surface area contributed by atoms with Crippen LogP contribution in [0.2, 0.25) is 0 Å². The maximum absolute atomic E-state index is 11.3. The van der Waals surface area contributed by atoms with Crippen LogP contribution in [-0.2, 0) is 17.9 Å². The Morgan fingerprint density at radius 3 is 2.35 bits per heavy atom. The highest BCUT2D eigenvalue weighted by atomic mass is 16.3. The lowest BCUT2D eigenvalue weighted by atomic mass is 10.1. The molecule has 4 nitrogen and oxygen atoms in total. The van der Waals surface area contributed by atoms with Crippen molar-refractivity contribution in [3.8, 4) is 0 Å². The molecule has 0 bridgehead atoms. The number of nitrogens with zero attached hydrogens (tertiary/aromatic N) is 1. The van der Waals surface area contributed by atoms with Crippen LogP contribution < -0.4 is 5.32 Å².